The van der Waals surface area contributed by atoms with Crippen LogP contribution in [0.25, 0.3) is 0 Å². The Hall–Kier alpha value is -1.61. The molecule has 32 heavy (non-hydrogen) atoms. The SMILES string of the molecule is CC(=O)OC[C@H](CCOP(=O)(O)OCC(COC(=O)CCO)OC(=O)CCO)OC(=O)Br. The number of carbonyl (C=O) groups excluding carboxylic acids is 4. The molecular weight excluding hydrogens is 527 g/mol. The molecule has 2 unspecified atom stereocenters. The summed E-state index contributed by atoms with van der Waals surface area (Å²) in [5.41, 5.74) is 0. The molecule has 16 heteroatoms. The van der Waals surface area contributed by atoms with Crippen molar-refractivity contribution in [3.63, 3.8) is 0 Å². The Morgan fingerprint density at radius 3 is 2.03 bits per heavy atom. The average Bonchev–Trinajstić information content (AvgIpc) is 2.68. The molecule has 0 aliphatic heterocycles. The molecule has 0 aromatic carbocycles. The molecule has 0 aromatic rings. The number of rotatable bonds is 17. The van der Waals surface area contributed by atoms with Crippen molar-refractivity contribution in [2.45, 2.75) is 38.4 Å². The summed E-state index contributed by atoms with van der Waals surface area (Å²) < 4.78 is 40.7. The lowest BCUT2D eigenvalue weighted by molar-refractivity contribution is -0.162. The van der Waals surface area contributed by atoms with Gasteiger partial charge in [0.2, 0.25) is 0 Å². The Balaban J connectivity index is 4.70. The van der Waals surface area contributed by atoms with Gasteiger partial charge in [-0.15, -0.1) is 0 Å². The second-order valence-corrected chi connectivity index (χ2v) is 8.01. The summed E-state index contributed by atoms with van der Waals surface area (Å²) in [6.45, 7) is -1.83. The van der Waals surface area contributed by atoms with E-state index in [1.807, 2.05) is 0 Å². The fourth-order valence-electron chi connectivity index (χ4n) is 1.83. The maximum absolute atomic E-state index is 12.0. The molecule has 3 atom stereocenters. The molecule has 0 spiro atoms. The van der Waals surface area contributed by atoms with Crippen LogP contribution in [0.2, 0.25) is 0 Å². The molecular formula is C16H26BrO14P. The highest BCUT2D eigenvalue weighted by Crippen LogP contribution is 2.43. The first-order valence-electron chi connectivity index (χ1n) is 9.17. The number of esters is 3. The van der Waals surface area contributed by atoms with Crippen molar-refractivity contribution in [3.05, 3.63) is 0 Å². The van der Waals surface area contributed by atoms with E-state index in [1.54, 1.807) is 0 Å². The highest BCUT2D eigenvalue weighted by molar-refractivity contribution is 9.18. The van der Waals surface area contributed by atoms with E-state index in [0.29, 0.717) is 0 Å². The lowest BCUT2D eigenvalue weighted by atomic mass is 10.3. The third-order valence-corrected chi connectivity index (χ3v) is 4.38. The van der Waals surface area contributed by atoms with Gasteiger partial charge in [-0.05, 0) is 0 Å². The molecule has 0 aliphatic rings. The second kappa shape index (κ2) is 16.9. The normalized spacial score (nSPS) is 14.5. The summed E-state index contributed by atoms with van der Waals surface area (Å²) in [6.07, 6.45) is -3.08. The Morgan fingerprint density at radius 1 is 0.875 bits per heavy atom. The maximum Gasteiger partial charge on any atom is 0.472 e. The number of ether oxygens (including phenoxy) is 4. The van der Waals surface area contributed by atoms with Gasteiger partial charge in [-0.2, -0.15) is 0 Å². The summed E-state index contributed by atoms with van der Waals surface area (Å²) in [5.74, 6) is -2.31. The predicted octanol–water partition coefficient (Wildman–Crippen LogP) is 0.193. The summed E-state index contributed by atoms with van der Waals surface area (Å²) in [7, 11) is -4.67. The standard InChI is InChI=1S/C16H26BrO14P/c1-11(20)26-8-12(31-16(17)23)4-7-28-32(24,25)29-10-13(30-15(22)3-6-19)9-27-14(21)2-5-18/h12-13,18-19H,2-10H2,1H3,(H,24,25)/t12-,13?/m0/s1. The molecule has 0 saturated carbocycles. The number of aliphatic hydroxyl groups excluding tert-OH is 2. The molecule has 186 valence electrons. The molecule has 0 aromatic heterocycles. The van der Waals surface area contributed by atoms with E-state index in [1.165, 1.54) is 0 Å². The third kappa shape index (κ3) is 17.0. The molecule has 0 heterocycles. The Labute approximate surface area is 191 Å². The van der Waals surface area contributed by atoms with Gasteiger partial charge in [0.1, 0.15) is 19.3 Å². The number of hydrogen-bond donors (Lipinski definition) is 3. The van der Waals surface area contributed by atoms with Crippen molar-refractivity contribution in [1.29, 1.82) is 0 Å². The van der Waals surface area contributed by atoms with E-state index < -0.39 is 75.9 Å². The summed E-state index contributed by atoms with van der Waals surface area (Å²) >= 11 is 2.54. The first-order valence-corrected chi connectivity index (χ1v) is 11.5. The van der Waals surface area contributed by atoms with Gasteiger partial charge in [-0.1, -0.05) is 0 Å². The van der Waals surface area contributed by atoms with Crippen LogP contribution in [0.5, 0.6) is 0 Å². The highest BCUT2D eigenvalue weighted by Gasteiger charge is 2.27. The van der Waals surface area contributed by atoms with Crippen LogP contribution in [-0.4, -0.2) is 89.7 Å². The van der Waals surface area contributed by atoms with Crippen LogP contribution in [-0.2, 0) is 46.9 Å². The average molecular weight is 553 g/mol. The number of carbonyl (C=O) groups is 4. The van der Waals surface area contributed by atoms with Crippen molar-refractivity contribution < 1.29 is 66.8 Å². The molecule has 3 N–H and O–H groups in total. The smallest absolute Gasteiger partial charge is 0.462 e. The Bertz CT molecular complexity index is 657. The minimum atomic E-state index is -4.67. The molecule has 0 bridgehead atoms. The molecule has 0 aliphatic carbocycles. The summed E-state index contributed by atoms with van der Waals surface area (Å²) in [6, 6.07) is 0. The zero-order valence-corrected chi connectivity index (χ0v) is 19.7. The zero-order chi connectivity index (χ0) is 24.6. The quantitative estimate of drug-likeness (QED) is 0.0954. The number of aliphatic hydroxyl groups is 2. The number of hydrogen-bond acceptors (Lipinski definition) is 13. The van der Waals surface area contributed by atoms with Crippen LogP contribution in [0.4, 0.5) is 4.79 Å². The minimum Gasteiger partial charge on any atom is -0.462 e. The van der Waals surface area contributed by atoms with E-state index in [2.05, 4.69) is 15.9 Å². The van der Waals surface area contributed by atoms with E-state index in [-0.39, 0.29) is 25.9 Å². The van der Waals surface area contributed by atoms with Crippen molar-refractivity contribution in [2.24, 2.45) is 0 Å². The Morgan fingerprint density at radius 2 is 1.47 bits per heavy atom. The maximum atomic E-state index is 12.0. The van der Waals surface area contributed by atoms with Gasteiger partial charge in [0.05, 0.1) is 39.3 Å². The Kier molecular flexibility index (Phi) is 16.1. The van der Waals surface area contributed by atoms with E-state index in [4.69, 9.17) is 38.2 Å². The number of halogens is 1. The van der Waals surface area contributed by atoms with Gasteiger partial charge >= 0.3 is 30.6 Å². The van der Waals surface area contributed by atoms with Crippen LogP contribution in [0.15, 0.2) is 0 Å². The fraction of sp³-hybridized carbons (Fsp3) is 0.750. The zero-order valence-electron chi connectivity index (χ0n) is 17.2. The molecule has 14 nitrogen and oxygen atoms in total. The fourth-order valence-corrected chi connectivity index (χ4v) is 2.86. The van der Waals surface area contributed by atoms with Crippen molar-refractivity contribution >= 4 is 46.5 Å². The van der Waals surface area contributed by atoms with Crippen molar-refractivity contribution in [2.75, 3.05) is 39.6 Å². The predicted molar refractivity (Wildman–Crippen MR) is 106 cm³/mol. The van der Waals surface area contributed by atoms with Gasteiger partial charge < -0.3 is 34.1 Å². The van der Waals surface area contributed by atoms with E-state index >= 15 is 0 Å². The van der Waals surface area contributed by atoms with Gasteiger partial charge in [0.25, 0.3) is 0 Å². The number of phosphoric acid groups is 1. The minimum absolute atomic E-state index is 0.133. The summed E-state index contributed by atoms with van der Waals surface area (Å²) in [5, 5.41) is 17.4. The largest absolute Gasteiger partial charge is 0.472 e. The molecule has 0 saturated heterocycles. The van der Waals surface area contributed by atoms with Crippen LogP contribution in [0.1, 0.15) is 26.2 Å². The van der Waals surface area contributed by atoms with Crippen LogP contribution in [0, 0.1) is 0 Å². The molecule has 0 radical (unpaired) electrons. The van der Waals surface area contributed by atoms with Crippen LogP contribution in [0.3, 0.4) is 0 Å². The monoisotopic (exact) mass is 552 g/mol. The van der Waals surface area contributed by atoms with Crippen molar-refractivity contribution in [1.82, 2.24) is 0 Å². The topological polar surface area (TPSA) is 201 Å². The van der Waals surface area contributed by atoms with Gasteiger partial charge in [-0.3, -0.25) is 23.4 Å². The molecule has 0 amide bonds. The van der Waals surface area contributed by atoms with Gasteiger partial charge in [-0.25, -0.2) is 9.36 Å². The first-order chi connectivity index (χ1) is 15.0. The van der Waals surface area contributed by atoms with Gasteiger partial charge in [0.15, 0.2) is 6.10 Å². The summed E-state index contributed by atoms with van der Waals surface area (Å²) in [4.78, 5) is 53.6. The van der Waals surface area contributed by atoms with Crippen LogP contribution < -0.4 is 0 Å². The number of phosphoric ester groups is 1. The molecule has 0 fully saturated rings. The van der Waals surface area contributed by atoms with Crippen molar-refractivity contribution in [3.8, 4) is 0 Å². The third-order valence-electron chi connectivity index (χ3n) is 3.21. The highest BCUT2D eigenvalue weighted by atomic mass is 79.9. The first kappa shape index (κ1) is 30.4. The molecule has 0 rings (SSSR count). The lowest BCUT2D eigenvalue weighted by Crippen LogP contribution is -2.30. The van der Waals surface area contributed by atoms with E-state index in [0.717, 1.165) is 6.92 Å². The van der Waals surface area contributed by atoms with Gasteiger partial charge in [0, 0.05) is 29.3 Å². The lowest BCUT2D eigenvalue weighted by Gasteiger charge is -2.20. The second-order valence-electron chi connectivity index (χ2n) is 5.91. The van der Waals surface area contributed by atoms with E-state index in [9.17, 15) is 28.6 Å². The van der Waals surface area contributed by atoms with Crippen LogP contribution >= 0.6 is 23.8 Å².